The van der Waals surface area contributed by atoms with E-state index in [2.05, 4.69) is 9.97 Å². The molecule has 1 heterocycles. The van der Waals surface area contributed by atoms with Crippen molar-refractivity contribution in [2.45, 2.75) is 0 Å². The molecule has 1 aromatic heterocycles. The average molecular weight is 157 g/mol. The average Bonchev–Trinajstić information content (AvgIpc) is 2.14. The van der Waals surface area contributed by atoms with Crippen molar-refractivity contribution in [3.8, 4) is 0 Å². The predicted molar refractivity (Wildman–Crippen MR) is 24.1 cm³/mol. The summed E-state index contributed by atoms with van der Waals surface area (Å²) in [5.41, 5.74) is 0. The van der Waals surface area contributed by atoms with Gasteiger partial charge in [0.15, 0.2) is 0 Å². The second-order valence-electron chi connectivity index (χ2n) is 0.951. The zero-order valence-electron chi connectivity index (χ0n) is 3.36. The van der Waals surface area contributed by atoms with Gasteiger partial charge in [-0.25, -0.2) is 0 Å². The molecule has 1 rings (SSSR count). The van der Waals surface area contributed by atoms with E-state index >= 15 is 0 Å². The first kappa shape index (κ1) is 5.16. The van der Waals surface area contributed by atoms with Crippen LogP contribution in [0.4, 0.5) is 0 Å². The van der Waals surface area contributed by atoms with Crippen molar-refractivity contribution in [2.75, 3.05) is 0 Å². The van der Waals surface area contributed by atoms with Gasteiger partial charge in [-0.1, -0.05) is 0 Å². The number of rotatable bonds is 1. The molecule has 0 unspecified atom stereocenters. The maximum atomic E-state index is 5.41. The molecule has 0 radical (unpaired) electrons. The molecule has 0 saturated heterocycles. The molecule has 0 saturated carbocycles. The van der Waals surface area contributed by atoms with Gasteiger partial charge in [0.2, 0.25) is 0 Å². The molecule has 0 atom stereocenters. The molecular weight excluding hydrogens is 154 g/mol. The van der Waals surface area contributed by atoms with Crippen LogP contribution in [0, 0.1) is 0 Å². The van der Waals surface area contributed by atoms with Crippen LogP contribution in [0.15, 0.2) is 12.4 Å². The van der Waals surface area contributed by atoms with Gasteiger partial charge in [0.25, 0.3) is 0 Å². The van der Waals surface area contributed by atoms with Gasteiger partial charge in [0, 0.05) is 0 Å². The quantitative estimate of drug-likeness (QED) is 0.583. The second-order valence-corrected chi connectivity index (χ2v) is 2.32. The summed E-state index contributed by atoms with van der Waals surface area (Å²) >= 11 is 0.234. The number of nitrogens with one attached hydrogen (secondary N) is 1. The van der Waals surface area contributed by atoms with Gasteiger partial charge >= 0.3 is 51.2 Å². The van der Waals surface area contributed by atoms with Crippen LogP contribution in [0.2, 0.25) is 0 Å². The normalized spacial score (nSPS) is 9.29. The third-order valence-corrected chi connectivity index (χ3v) is 1.62. The summed E-state index contributed by atoms with van der Waals surface area (Å²) in [6.07, 6.45) is 3.44. The van der Waals surface area contributed by atoms with Gasteiger partial charge in [0.05, 0.1) is 0 Å². The van der Waals surface area contributed by atoms with E-state index in [1.165, 1.54) is 0 Å². The number of halogens is 1. The molecule has 0 aliphatic heterocycles. The second kappa shape index (κ2) is 2.36. The van der Waals surface area contributed by atoms with Crippen LogP contribution < -0.4 is 4.72 Å². The zero-order valence-corrected chi connectivity index (χ0v) is 5.29. The Bertz CT molecular complexity index is 127. The molecule has 0 fully saturated rings. The number of hydrogen-bond acceptors (Lipinski definition) is 1. The molecule has 0 aliphatic carbocycles. The van der Waals surface area contributed by atoms with Crippen LogP contribution in [0.3, 0.4) is 0 Å². The first-order valence-electron chi connectivity index (χ1n) is 1.69. The van der Waals surface area contributed by atoms with Crippen molar-refractivity contribution in [3.63, 3.8) is 0 Å². The fourth-order valence-corrected chi connectivity index (χ4v) is 0.916. The number of aromatic amines is 1. The Balaban J connectivity index is 2.76. The molecule has 2 nitrogen and oxygen atoms in total. The molecule has 0 amide bonds. The molecule has 39 valence electrons. The Morgan fingerprint density at radius 2 is 2.71 bits per heavy atom. The van der Waals surface area contributed by atoms with Gasteiger partial charge in [-0.05, 0) is 0 Å². The topological polar surface area (TPSA) is 28.7 Å². The van der Waals surface area contributed by atoms with Crippen molar-refractivity contribution >= 4 is 14.8 Å². The van der Waals surface area contributed by atoms with E-state index < -0.39 is 0 Å². The summed E-state index contributed by atoms with van der Waals surface area (Å²) < 4.78 is 0.852. The Hall–Kier alpha value is 0.0195. The SMILES string of the molecule is [Cl][Mn][c]1ncc[nH]1. The van der Waals surface area contributed by atoms with E-state index in [4.69, 9.17) is 10.1 Å². The summed E-state index contributed by atoms with van der Waals surface area (Å²) in [6.45, 7) is 0. The molecule has 1 aromatic rings. The van der Waals surface area contributed by atoms with Crippen LogP contribution in [0.25, 0.3) is 0 Å². The summed E-state index contributed by atoms with van der Waals surface area (Å²) in [6, 6.07) is 0. The van der Waals surface area contributed by atoms with Gasteiger partial charge in [-0.2, -0.15) is 0 Å². The monoisotopic (exact) mass is 157 g/mol. The number of hydrogen-bond donors (Lipinski definition) is 1. The van der Waals surface area contributed by atoms with Crippen LogP contribution in [0.5, 0.6) is 0 Å². The summed E-state index contributed by atoms with van der Waals surface area (Å²) in [7, 11) is 5.41. The molecular formula is C3H3ClMnN2. The van der Waals surface area contributed by atoms with Crippen LogP contribution in [-0.4, -0.2) is 9.97 Å². The molecule has 0 bridgehead atoms. The van der Waals surface area contributed by atoms with E-state index in [9.17, 15) is 0 Å². The summed E-state index contributed by atoms with van der Waals surface area (Å²) in [5, 5.41) is 0. The zero-order chi connectivity index (χ0) is 5.11. The molecule has 4 heteroatoms. The van der Waals surface area contributed by atoms with E-state index in [0.29, 0.717) is 0 Å². The number of H-pyrrole nitrogens is 1. The van der Waals surface area contributed by atoms with Gasteiger partial charge in [0.1, 0.15) is 0 Å². The van der Waals surface area contributed by atoms with Crippen LogP contribution in [0.1, 0.15) is 0 Å². The standard InChI is InChI=1S/C3H3N2.ClH.Mn/c1-2-5-3-4-1;;/h1-2H,(H,4,5);1H;/q;;+1/p-1. The first-order chi connectivity index (χ1) is 3.43. The maximum absolute atomic E-state index is 5.41. The Kier molecular flexibility index (Phi) is 1.74. The Morgan fingerprint density at radius 1 is 1.86 bits per heavy atom. The molecule has 7 heavy (non-hydrogen) atoms. The summed E-state index contributed by atoms with van der Waals surface area (Å²) in [5.74, 6) is 0. The molecule has 1 N–H and O–H groups in total. The fraction of sp³-hybridized carbons (Fsp3) is 0. The van der Waals surface area contributed by atoms with Crippen LogP contribution >= 0.6 is 10.1 Å². The van der Waals surface area contributed by atoms with Crippen molar-refractivity contribution in [2.24, 2.45) is 0 Å². The predicted octanol–water partition coefficient (Wildman–Crippen LogP) is 0.271. The third kappa shape index (κ3) is 1.20. The van der Waals surface area contributed by atoms with E-state index in [-0.39, 0.29) is 14.0 Å². The van der Waals surface area contributed by atoms with E-state index in [1.807, 2.05) is 0 Å². The van der Waals surface area contributed by atoms with Crippen LogP contribution in [-0.2, 0) is 14.0 Å². The number of aromatic nitrogens is 2. The minimum atomic E-state index is 0.234. The van der Waals surface area contributed by atoms with Crippen molar-refractivity contribution < 1.29 is 14.0 Å². The van der Waals surface area contributed by atoms with E-state index in [1.54, 1.807) is 12.4 Å². The Labute approximate surface area is 51.7 Å². The van der Waals surface area contributed by atoms with Crippen molar-refractivity contribution in [1.82, 2.24) is 9.97 Å². The first-order valence-corrected chi connectivity index (χ1v) is 3.90. The molecule has 0 spiro atoms. The van der Waals surface area contributed by atoms with Crippen molar-refractivity contribution in [3.05, 3.63) is 12.4 Å². The summed E-state index contributed by atoms with van der Waals surface area (Å²) in [4.78, 5) is 6.72. The number of nitrogens with zero attached hydrogens (tertiary/aromatic N) is 1. The van der Waals surface area contributed by atoms with Gasteiger partial charge < -0.3 is 0 Å². The van der Waals surface area contributed by atoms with Crippen molar-refractivity contribution in [1.29, 1.82) is 0 Å². The minimum absolute atomic E-state index is 0.234. The molecule has 0 aliphatic rings. The van der Waals surface area contributed by atoms with Gasteiger partial charge in [-0.3, -0.25) is 0 Å². The van der Waals surface area contributed by atoms with Gasteiger partial charge in [-0.15, -0.1) is 0 Å². The third-order valence-electron chi connectivity index (χ3n) is 0.533. The Morgan fingerprint density at radius 3 is 3.00 bits per heavy atom. The van der Waals surface area contributed by atoms with E-state index in [0.717, 1.165) is 4.72 Å². The molecule has 0 aromatic carbocycles. The number of imidazole rings is 1. The fourth-order valence-electron chi connectivity index (χ4n) is 0.285.